The fourth-order valence-corrected chi connectivity index (χ4v) is 4.55. The van der Waals surface area contributed by atoms with Gasteiger partial charge in [0.05, 0.1) is 19.8 Å². The molecule has 158 valence electrons. The fourth-order valence-electron chi connectivity index (χ4n) is 4.55. The highest BCUT2D eigenvalue weighted by atomic mass is 16.5. The molecule has 2 N–H and O–H groups in total. The third-order valence-corrected chi connectivity index (χ3v) is 6.05. The molecule has 7 heteroatoms. The van der Waals surface area contributed by atoms with Crippen molar-refractivity contribution in [2.45, 2.75) is 64.6 Å². The van der Waals surface area contributed by atoms with Crippen LogP contribution in [0.5, 0.6) is 0 Å². The molecule has 1 aromatic heterocycles. The lowest BCUT2D eigenvalue weighted by atomic mass is 9.80. The van der Waals surface area contributed by atoms with Crippen molar-refractivity contribution in [3.05, 3.63) is 18.2 Å². The van der Waals surface area contributed by atoms with E-state index in [0.29, 0.717) is 12.5 Å². The van der Waals surface area contributed by atoms with Crippen molar-refractivity contribution in [3.8, 4) is 0 Å². The van der Waals surface area contributed by atoms with Gasteiger partial charge >= 0.3 is 0 Å². The van der Waals surface area contributed by atoms with E-state index in [1.807, 2.05) is 13.2 Å². The second-order valence-electron chi connectivity index (χ2n) is 8.55. The van der Waals surface area contributed by atoms with E-state index in [0.717, 1.165) is 51.2 Å². The number of aliphatic imine (C=N–C) groups is 1. The second kappa shape index (κ2) is 10.3. The molecule has 0 amide bonds. The van der Waals surface area contributed by atoms with Gasteiger partial charge in [-0.1, -0.05) is 33.1 Å². The van der Waals surface area contributed by atoms with Crippen LogP contribution in [0.3, 0.4) is 0 Å². The van der Waals surface area contributed by atoms with Crippen LogP contribution in [-0.2, 0) is 17.8 Å². The van der Waals surface area contributed by atoms with Gasteiger partial charge in [0.15, 0.2) is 5.96 Å². The minimum absolute atomic E-state index is 0.232. The monoisotopic (exact) mass is 390 g/mol. The zero-order chi connectivity index (χ0) is 19.8. The summed E-state index contributed by atoms with van der Waals surface area (Å²) < 4.78 is 7.82. The zero-order valence-corrected chi connectivity index (χ0v) is 17.9. The number of nitrogens with one attached hydrogen (secondary N) is 2. The summed E-state index contributed by atoms with van der Waals surface area (Å²) in [6.07, 6.45) is 10.5. The maximum Gasteiger partial charge on any atom is 0.191 e. The van der Waals surface area contributed by atoms with Crippen LogP contribution in [0.2, 0.25) is 0 Å². The Labute approximate surface area is 169 Å². The largest absolute Gasteiger partial charge is 0.379 e. The molecule has 0 radical (unpaired) electrons. The Morgan fingerprint density at radius 1 is 1.21 bits per heavy atom. The van der Waals surface area contributed by atoms with Crippen LogP contribution < -0.4 is 10.6 Å². The van der Waals surface area contributed by atoms with Gasteiger partial charge in [-0.05, 0) is 18.8 Å². The van der Waals surface area contributed by atoms with E-state index in [2.05, 4.69) is 50.1 Å². The number of hydrogen-bond acceptors (Lipinski definition) is 4. The van der Waals surface area contributed by atoms with Crippen LogP contribution in [0.15, 0.2) is 17.4 Å². The predicted molar refractivity (Wildman–Crippen MR) is 113 cm³/mol. The van der Waals surface area contributed by atoms with E-state index in [-0.39, 0.29) is 5.54 Å². The minimum Gasteiger partial charge on any atom is -0.379 e. The number of morpholine rings is 1. The van der Waals surface area contributed by atoms with Crippen molar-refractivity contribution in [1.82, 2.24) is 25.1 Å². The standard InChI is InChI=1S/C21H38N6O/c1-18(2)16-26-10-9-23-19(26)15-24-20(22-3)25-17-21(7-5-4-6-8-21)27-11-13-28-14-12-27/h9-10,18H,4-8,11-17H2,1-3H3,(H2,22,24,25). The van der Waals surface area contributed by atoms with Crippen molar-refractivity contribution in [3.63, 3.8) is 0 Å². The summed E-state index contributed by atoms with van der Waals surface area (Å²) in [5.41, 5.74) is 0.232. The lowest BCUT2D eigenvalue weighted by Crippen LogP contribution is -2.60. The number of guanidine groups is 1. The molecule has 1 saturated carbocycles. The van der Waals surface area contributed by atoms with E-state index >= 15 is 0 Å². The van der Waals surface area contributed by atoms with Gasteiger partial charge in [-0.2, -0.15) is 0 Å². The number of hydrogen-bond donors (Lipinski definition) is 2. The minimum atomic E-state index is 0.232. The summed E-state index contributed by atoms with van der Waals surface area (Å²) in [4.78, 5) is 11.6. The lowest BCUT2D eigenvalue weighted by Gasteiger charge is -2.48. The Morgan fingerprint density at radius 3 is 2.64 bits per heavy atom. The van der Waals surface area contributed by atoms with Crippen LogP contribution >= 0.6 is 0 Å². The molecule has 2 fully saturated rings. The van der Waals surface area contributed by atoms with Crippen molar-refractivity contribution in [2.75, 3.05) is 39.9 Å². The van der Waals surface area contributed by atoms with Crippen LogP contribution in [-0.4, -0.2) is 65.8 Å². The Hall–Kier alpha value is -1.60. The van der Waals surface area contributed by atoms with E-state index < -0.39 is 0 Å². The van der Waals surface area contributed by atoms with E-state index in [9.17, 15) is 0 Å². The number of nitrogens with zero attached hydrogens (tertiary/aromatic N) is 4. The van der Waals surface area contributed by atoms with Gasteiger partial charge in [-0.25, -0.2) is 4.98 Å². The van der Waals surface area contributed by atoms with Crippen molar-refractivity contribution >= 4 is 5.96 Å². The molecule has 2 aliphatic rings. The molecule has 1 aromatic rings. The third-order valence-electron chi connectivity index (χ3n) is 6.05. The Balaban J connectivity index is 1.57. The molecule has 2 heterocycles. The van der Waals surface area contributed by atoms with Gasteiger partial charge in [0.2, 0.25) is 0 Å². The molecule has 0 aromatic carbocycles. The maximum atomic E-state index is 5.59. The summed E-state index contributed by atoms with van der Waals surface area (Å²) in [6.45, 7) is 10.9. The van der Waals surface area contributed by atoms with E-state index in [4.69, 9.17) is 4.74 Å². The molecular formula is C21H38N6O. The van der Waals surface area contributed by atoms with E-state index in [1.54, 1.807) is 0 Å². The summed E-state index contributed by atoms with van der Waals surface area (Å²) in [5.74, 6) is 2.51. The van der Waals surface area contributed by atoms with Crippen LogP contribution in [0, 0.1) is 5.92 Å². The molecule has 0 unspecified atom stereocenters. The molecule has 28 heavy (non-hydrogen) atoms. The summed E-state index contributed by atoms with van der Waals surface area (Å²) >= 11 is 0. The molecule has 7 nitrogen and oxygen atoms in total. The van der Waals surface area contributed by atoms with Crippen molar-refractivity contribution in [1.29, 1.82) is 0 Å². The second-order valence-corrected chi connectivity index (χ2v) is 8.55. The molecule has 0 spiro atoms. The maximum absolute atomic E-state index is 5.59. The number of imidazole rings is 1. The van der Waals surface area contributed by atoms with Gasteiger partial charge in [0, 0.05) is 51.2 Å². The van der Waals surface area contributed by atoms with Crippen LogP contribution in [0.4, 0.5) is 0 Å². The Bertz CT molecular complexity index is 614. The van der Waals surface area contributed by atoms with Crippen molar-refractivity contribution < 1.29 is 4.74 Å². The first-order chi connectivity index (χ1) is 13.6. The lowest BCUT2D eigenvalue weighted by molar-refractivity contribution is -0.0352. The predicted octanol–water partition coefficient (Wildman–Crippen LogP) is 2.24. The topological polar surface area (TPSA) is 66.7 Å². The van der Waals surface area contributed by atoms with Crippen LogP contribution in [0.1, 0.15) is 51.8 Å². The highest BCUT2D eigenvalue weighted by Gasteiger charge is 2.38. The highest BCUT2D eigenvalue weighted by Crippen LogP contribution is 2.33. The molecule has 0 bridgehead atoms. The quantitative estimate of drug-likeness (QED) is 0.552. The average molecular weight is 391 g/mol. The summed E-state index contributed by atoms with van der Waals surface area (Å²) in [5, 5.41) is 7.08. The molecular weight excluding hydrogens is 352 g/mol. The van der Waals surface area contributed by atoms with Gasteiger partial charge in [0.25, 0.3) is 0 Å². The summed E-state index contributed by atoms with van der Waals surface area (Å²) in [6, 6.07) is 0. The van der Waals surface area contributed by atoms with Gasteiger partial charge in [-0.3, -0.25) is 9.89 Å². The normalized spacial score (nSPS) is 21.1. The zero-order valence-electron chi connectivity index (χ0n) is 17.9. The van der Waals surface area contributed by atoms with Crippen molar-refractivity contribution in [2.24, 2.45) is 10.9 Å². The van der Waals surface area contributed by atoms with E-state index in [1.165, 1.54) is 32.1 Å². The first-order valence-corrected chi connectivity index (χ1v) is 10.9. The SMILES string of the molecule is CN=C(NCc1nccn1CC(C)C)NCC1(N2CCOCC2)CCCCC1. The van der Waals surface area contributed by atoms with Gasteiger partial charge in [-0.15, -0.1) is 0 Å². The first-order valence-electron chi connectivity index (χ1n) is 10.9. The number of ether oxygens (including phenoxy) is 1. The fraction of sp³-hybridized carbons (Fsp3) is 0.810. The average Bonchev–Trinajstić information content (AvgIpc) is 3.16. The Morgan fingerprint density at radius 2 is 1.96 bits per heavy atom. The number of aromatic nitrogens is 2. The molecule has 1 saturated heterocycles. The summed E-state index contributed by atoms with van der Waals surface area (Å²) in [7, 11) is 1.85. The molecule has 1 aliphatic carbocycles. The number of rotatable bonds is 7. The third kappa shape index (κ3) is 5.47. The Kier molecular flexibility index (Phi) is 7.73. The molecule has 0 atom stereocenters. The van der Waals surface area contributed by atoms with Crippen LogP contribution in [0.25, 0.3) is 0 Å². The highest BCUT2D eigenvalue weighted by molar-refractivity contribution is 5.79. The smallest absolute Gasteiger partial charge is 0.191 e. The van der Waals surface area contributed by atoms with Gasteiger partial charge < -0.3 is 19.9 Å². The molecule has 1 aliphatic heterocycles. The molecule has 3 rings (SSSR count). The van der Waals surface area contributed by atoms with Gasteiger partial charge in [0.1, 0.15) is 5.82 Å². The first kappa shape index (κ1) is 21.1.